The van der Waals surface area contributed by atoms with Crippen molar-refractivity contribution in [2.45, 2.75) is 31.7 Å². The fraction of sp³-hybridized carbons (Fsp3) is 0.333. The van der Waals surface area contributed by atoms with Crippen LogP contribution in [0, 0.1) is 0 Å². The van der Waals surface area contributed by atoms with Crippen LogP contribution in [-0.2, 0) is 6.54 Å². The first-order chi connectivity index (χ1) is 10.8. The molecular formula is C15H14N4O3. The second-order valence-corrected chi connectivity index (χ2v) is 5.40. The molecule has 1 saturated carbocycles. The van der Waals surface area contributed by atoms with E-state index in [-0.39, 0.29) is 12.1 Å². The van der Waals surface area contributed by atoms with Gasteiger partial charge < -0.3 is 8.94 Å². The van der Waals surface area contributed by atoms with E-state index in [2.05, 4.69) is 15.1 Å². The Balaban J connectivity index is 1.54. The van der Waals surface area contributed by atoms with Gasteiger partial charge in [0, 0.05) is 12.0 Å². The van der Waals surface area contributed by atoms with Crippen molar-refractivity contribution in [1.82, 2.24) is 19.7 Å². The van der Waals surface area contributed by atoms with Crippen molar-refractivity contribution >= 4 is 0 Å². The third kappa shape index (κ3) is 2.34. The van der Waals surface area contributed by atoms with Crippen LogP contribution in [0.3, 0.4) is 0 Å². The molecule has 3 aromatic rings. The van der Waals surface area contributed by atoms with Crippen molar-refractivity contribution in [3.05, 3.63) is 52.7 Å². The second kappa shape index (κ2) is 5.25. The minimum absolute atomic E-state index is 0.102. The van der Waals surface area contributed by atoms with Gasteiger partial charge in [0.2, 0.25) is 11.7 Å². The van der Waals surface area contributed by atoms with Crippen molar-refractivity contribution in [2.75, 3.05) is 0 Å². The summed E-state index contributed by atoms with van der Waals surface area (Å²) in [7, 11) is 0. The van der Waals surface area contributed by atoms with Crippen molar-refractivity contribution in [3.8, 4) is 11.6 Å². The summed E-state index contributed by atoms with van der Waals surface area (Å²) in [5.41, 5.74) is 0.781. The van der Waals surface area contributed by atoms with Gasteiger partial charge in [-0.1, -0.05) is 11.6 Å². The lowest BCUT2D eigenvalue weighted by atomic mass is 9.83. The van der Waals surface area contributed by atoms with E-state index in [9.17, 15) is 4.79 Å². The Kier molecular flexibility index (Phi) is 3.10. The Morgan fingerprint density at radius 3 is 2.95 bits per heavy atom. The van der Waals surface area contributed by atoms with Gasteiger partial charge in [0.1, 0.15) is 6.54 Å². The van der Waals surface area contributed by atoms with Crippen LogP contribution in [0.2, 0.25) is 0 Å². The van der Waals surface area contributed by atoms with E-state index in [4.69, 9.17) is 8.94 Å². The van der Waals surface area contributed by atoms with Crippen molar-refractivity contribution in [3.63, 3.8) is 0 Å². The molecular weight excluding hydrogens is 284 g/mol. The van der Waals surface area contributed by atoms with Crippen LogP contribution in [-0.4, -0.2) is 19.7 Å². The van der Waals surface area contributed by atoms with Crippen LogP contribution in [0.1, 0.15) is 36.8 Å². The molecule has 112 valence electrons. The smallest absolute Gasteiger partial charge is 0.254 e. The summed E-state index contributed by atoms with van der Waals surface area (Å²) in [6, 6.07) is 5.10. The molecule has 0 radical (unpaired) electrons. The zero-order chi connectivity index (χ0) is 14.9. The highest BCUT2D eigenvalue weighted by atomic mass is 16.5. The highest BCUT2D eigenvalue weighted by molar-refractivity contribution is 5.44. The molecule has 0 aromatic carbocycles. The maximum atomic E-state index is 12.1. The van der Waals surface area contributed by atoms with E-state index in [1.807, 2.05) is 0 Å². The predicted octanol–water partition coefficient (Wildman–Crippen LogP) is 2.20. The lowest BCUT2D eigenvalue weighted by Crippen LogP contribution is -2.23. The van der Waals surface area contributed by atoms with Crippen LogP contribution in [0.25, 0.3) is 11.6 Å². The molecule has 7 heteroatoms. The fourth-order valence-corrected chi connectivity index (χ4v) is 2.46. The van der Waals surface area contributed by atoms with Crippen LogP contribution < -0.4 is 5.56 Å². The molecule has 3 aromatic heterocycles. The largest absolute Gasteiger partial charge is 0.461 e. The van der Waals surface area contributed by atoms with Gasteiger partial charge in [-0.15, -0.1) is 0 Å². The zero-order valence-electron chi connectivity index (χ0n) is 11.8. The fourth-order valence-electron chi connectivity index (χ4n) is 2.46. The predicted molar refractivity (Wildman–Crippen MR) is 76.2 cm³/mol. The molecule has 0 spiro atoms. The van der Waals surface area contributed by atoms with Crippen LogP contribution in [0.15, 0.2) is 44.5 Å². The van der Waals surface area contributed by atoms with Gasteiger partial charge in [0.05, 0.1) is 18.3 Å². The molecule has 0 atom stereocenters. The normalized spacial score (nSPS) is 14.9. The Bertz CT molecular complexity index is 831. The number of hydrogen-bond acceptors (Lipinski definition) is 6. The number of hydrogen-bond donors (Lipinski definition) is 0. The van der Waals surface area contributed by atoms with Crippen molar-refractivity contribution in [2.24, 2.45) is 0 Å². The monoisotopic (exact) mass is 298 g/mol. The lowest BCUT2D eigenvalue weighted by molar-refractivity contribution is 0.367. The number of aromatic nitrogens is 4. The quantitative estimate of drug-likeness (QED) is 0.734. The molecule has 0 bridgehead atoms. The molecule has 1 aliphatic carbocycles. The van der Waals surface area contributed by atoms with Gasteiger partial charge in [-0.2, -0.15) is 4.98 Å². The van der Waals surface area contributed by atoms with E-state index >= 15 is 0 Å². The molecule has 0 unspecified atom stereocenters. The van der Waals surface area contributed by atoms with E-state index < -0.39 is 0 Å². The van der Waals surface area contributed by atoms with E-state index in [0.717, 1.165) is 18.5 Å². The first-order valence-corrected chi connectivity index (χ1v) is 7.22. The summed E-state index contributed by atoms with van der Waals surface area (Å²) in [4.78, 5) is 20.7. The molecule has 0 saturated heterocycles. The van der Waals surface area contributed by atoms with Crippen LogP contribution in [0.5, 0.6) is 0 Å². The van der Waals surface area contributed by atoms with Gasteiger partial charge in [-0.05, 0) is 25.0 Å². The third-order valence-corrected chi connectivity index (χ3v) is 3.94. The molecule has 0 amide bonds. The second-order valence-electron chi connectivity index (χ2n) is 5.40. The SMILES string of the molecule is O=c1cc(C2CCC2)ncn1Cc1nc(-c2ccco2)no1. The minimum atomic E-state index is -0.102. The van der Waals surface area contributed by atoms with Gasteiger partial charge >= 0.3 is 0 Å². The Labute approximate surface area is 125 Å². The molecule has 1 aliphatic rings. The third-order valence-electron chi connectivity index (χ3n) is 3.94. The van der Waals surface area contributed by atoms with Crippen molar-refractivity contribution < 1.29 is 8.94 Å². The Hall–Kier alpha value is -2.70. The number of furan rings is 1. The Morgan fingerprint density at radius 2 is 2.27 bits per heavy atom. The van der Waals surface area contributed by atoms with Crippen molar-refractivity contribution in [1.29, 1.82) is 0 Å². The maximum absolute atomic E-state index is 12.1. The van der Waals surface area contributed by atoms with Gasteiger partial charge in [0.15, 0.2) is 5.76 Å². The average Bonchev–Trinajstić information content (AvgIpc) is 3.10. The van der Waals surface area contributed by atoms with Gasteiger partial charge in [0.25, 0.3) is 5.56 Å². The summed E-state index contributed by atoms with van der Waals surface area (Å²) >= 11 is 0. The number of nitrogens with zero attached hydrogens (tertiary/aromatic N) is 4. The minimum Gasteiger partial charge on any atom is -0.461 e. The molecule has 0 aliphatic heterocycles. The summed E-state index contributed by atoms with van der Waals surface area (Å²) in [5.74, 6) is 1.68. The molecule has 22 heavy (non-hydrogen) atoms. The summed E-state index contributed by atoms with van der Waals surface area (Å²) in [6.45, 7) is 0.199. The van der Waals surface area contributed by atoms with E-state index in [1.54, 1.807) is 30.8 Å². The Morgan fingerprint density at radius 1 is 1.36 bits per heavy atom. The summed E-state index contributed by atoms with van der Waals surface area (Å²) in [6.07, 6.45) is 6.54. The molecule has 0 N–H and O–H groups in total. The molecule has 4 rings (SSSR count). The first-order valence-electron chi connectivity index (χ1n) is 7.22. The summed E-state index contributed by atoms with van der Waals surface area (Å²) < 4.78 is 11.8. The topological polar surface area (TPSA) is 87.0 Å². The van der Waals surface area contributed by atoms with Crippen LogP contribution in [0.4, 0.5) is 0 Å². The van der Waals surface area contributed by atoms with E-state index in [1.165, 1.54) is 11.0 Å². The summed E-state index contributed by atoms with van der Waals surface area (Å²) in [5, 5.41) is 3.84. The van der Waals surface area contributed by atoms with Crippen LogP contribution >= 0.6 is 0 Å². The standard InChI is InChI=1S/C15H14N4O3/c20-14-7-11(10-3-1-4-10)16-9-19(14)8-13-17-15(18-22-13)12-5-2-6-21-12/h2,5-7,9-10H,1,3-4,8H2. The van der Waals surface area contributed by atoms with E-state index in [0.29, 0.717) is 23.4 Å². The lowest BCUT2D eigenvalue weighted by Gasteiger charge is -2.24. The highest BCUT2D eigenvalue weighted by Crippen LogP contribution is 2.34. The molecule has 3 heterocycles. The molecule has 7 nitrogen and oxygen atoms in total. The number of rotatable bonds is 4. The maximum Gasteiger partial charge on any atom is 0.254 e. The van der Waals surface area contributed by atoms with Gasteiger partial charge in [-0.3, -0.25) is 9.36 Å². The highest BCUT2D eigenvalue weighted by Gasteiger charge is 2.21. The first kappa shape index (κ1) is 13.0. The zero-order valence-corrected chi connectivity index (χ0v) is 11.8. The average molecular weight is 298 g/mol. The van der Waals surface area contributed by atoms with Gasteiger partial charge in [-0.25, -0.2) is 4.98 Å². The molecule has 1 fully saturated rings.